The van der Waals surface area contributed by atoms with Crippen molar-refractivity contribution in [3.63, 3.8) is 0 Å². The number of carboxylic acids is 2. The third-order valence-electron chi connectivity index (χ3n) is 8.56. The van der Waals surface area contributed by atoms with Crippen molar-refractivity contribution in [2.75, 3.05) is 6.54 Å². The van der Waals surface area contributed by atoms with Crippen LogP contribution in [0.5, 0.6) is 0 Å². The van der Waals surface area contributed by atoms with Crippen LogP contribution in [0.4, 0.5) is 0 Å². The van der Waals surface area contributed by atoms with E-state index in [1.54, 1.807) is 38.1 Å². The van der Waals surface area contributed by atoms with Gasteiger partial charge in [0.05, 0.1) is 22.8 Å². The Morgan fingerprint density at radius 2 is 1.34 bits per heavy atom. The number of hydrogen-bond donors (Lipinski definition) is 2. The number of fused-ring (bicyclic) bond motifs is 3. The SMILES string of the molecule is Cc1ccc(C(=O)OC(C(=O)O)C(OC(=O)c2ccc(C)cc2)C(=O)O)cc1.N#Cc1ccc2c(c1)[C@H]1CCCN(Cc3ccccc3)C1=C2. The van der Waals surface area contributed by atoms with Crippen molar-refractivity contribution >= 4 is 30.0 Å². The first-order valence-electron chi connectivity index (χ1n) is 16.1. The van der Waals surface area contributed by atoms with Crippen LogP contribution in [-0.2, 0) is 25.6 Å². The maximum absolute atomic E-state index is 12.2. The number of ether oxygens (including phenoxy) is 2. The van der Waals surface area contributed by atoms with E-state index in [0.29, 0.717) is 5.92 Å². The van der Waals surface area contributed by atoms with Crippen LogP contribution < -0.4 is 0 Å². The fourth-order valence-corrected chi connectivity index (χ4v) is 5.93. The van der Waals surface area contributed by atoms with E-state index in [2.05, 4.69) is 59.5 Å². The molecule has 1 fully saturated rings. The normalized spacial score (nSPS) is 15.4. The van der Waals surface area contributed by atoms with Crippen molar-refractivity contribution in [1.29, 1.82) is 5.26 Å². The quantitative estimate of drug-likeness (QED) is 0.188. The molecule has 2 N–H and O–H groups in total. The van der Waals surface area contributed by atoms with Crippen LogP contribution in [-0.4, -0.2) is 57.7 Å². The zero-order valence-electron chi connectivity index (χ0n) is 27.6. The van der Waals surface area contributed by atoms with Crippen LogP contribution in [0.15, 0.2) is 103 Å². The highest BCUT2D eigenvalue weighted by Gasteiger charge is 2.41. The number of hydrogen-bond acceptors (Lipinski definition) is 8. The minimum Gasteiger partial charge on any atom is -0.478 e. The van der Waals surface area contributed by atoms with Gasteiger partial charge in [0, 0.05) is 24.7 Å². The second-order valence-electron chi connectivity index (χ2n) is 12.2. The molecule has 0 amide bonds. The van der Waals surface area contributed by atoms with Gasteiger partial charge in [0.25, 0.3) is 0 Å². The number of likely N-dealkylation sites (tertiary alicyclic amines) is 1. The van der Waals surface area contributed by atoms with Gasteiger partial charge in [0.2, 0.25) is 12.2 Å². The average Bonchev–Trinajstić information content (AvgIpc) is 3.49. The van der Waals surface area contributed by atoms with Crippen molar-refractivity contribution in [2.24, 2.45) is 0 Å². The lowest BCUT2D eigenvalue weighted by molar-refractivity contribution is -0.166. The zero-order chi connectivity index (χ0) is 35.8. The number of carboxylic acid groups (broad SMARTS) is 2. The number of nitrogens with zero attached hydrogens (tertiary/aromatic N) is 2. The van der Waals surface area contributed by atoms with Gasteiger partial charge in [0.15, 0.2) is 0 Å². The molecule has 6 rings (SSSR count). The molecule has 4 aromatic rings. The summed E-state index contributed by atoms with van der Waals surface area (Å²) in [5.74, 6) is -5.15. The van der Waals surface area contributed by atoms with Crippen molar-refractivity contribution in [3.8, 4) is 6.07 Å². The maximum atomic E-state index is 12.2. The Kier molecular flexibility index (Phi) is 11.1. The molecule has 3 atom stereocenters. The summed E-state index contributed by atoms with van der Waals surface area (Å²) in [4.78, 5) is 49.8. The lowest BCUT2D eigenvalue weighted by Crippen LogP contribution is -2.45. The zero-order valence-corrected chi connectivity index (χ0v) is 27.6. The molecule has 10 nitrogen and oxygen atoms in total. The smallest absolute Gasteiger partial charge is 0.349 e. The lowest BCUT2D eigenvalue weighted by atomic mass is 9.89. The molecule has 10 heteroatoms. The Morgan fingerprint density at radius 1 is 0.800 bits per heavy atom. The van der Waals surface area contributed by atoms with Crippen LogP contribution in [0, 0.1) is 25.2 Å². The molecule has 254 valence electrons. The first-order valence-corrected chi connectivity index (χ1v) is 16.1. The molecule has 2 unspecified atom stereocenters. The van der Waals surface area contributed by atoms with E-state index in [9.17, 15) is 29.4 Å². The number of aliphatic carboxylic acids is 2. The third-order valence-corrected chi connectivity index (χ3v) is 8.56. The topological polar surface area (TPSA) is 154 Å². The molecule has 50 heavy (non-hydrogen) atoms. The highest BCUT2D eigenvalue weighted by molar-refractivity contribution is 5.95. The van der Waals surface area contributed by atoms with Gasteiger partial charge in [-0.1, -0.05) is 71.8 Å². The molecule has 0 radical (unpaired) electrons. The monoisotopic (exact) mass is 672 g/mol. The largest absolute Gasteiger partial charge is 0.478 e. The summed E-state index contributed by atoms with van der Waals surface area (Å²) in [6, 6.07) is 31.1. The van der Waals surface area contributed by atoms with Crippen LogP contribution in [0.1, 0.15) is 72.9 Å². The molecule has 0 bridgehead atoms. The Balaban J connectivity index is 0.000000199. The van der Waals surface area contributed by atoms with Crippen LogP contribution >= 0.6 is 0 Å². The maximum Gasteiger partial charge on any atom is 0.349 e. The molecule has 1 aliphatic carbocycles. The average molecular weight is 673 g/mol. The predicted molar refractivity (Wildman–Crippen MR) is 184 cm³/mol. The molecular formula is C40H36N2O8. The van der Waals surface area contributed by atoms with Gasteiger partial charge >= 0.3 is 23.9 Å². The first kappa shape index (κ1) is 35.1. The van der Waals surface area contributed by atoms with E-state index < -0.39 is 36.1 Å². The summed E-state index contributed by atoms with van der Waals surface area (Å²) in [6.07, 6.45) is 0.286. The van der Waals surface area contributed by atoms with Gasteiger partial charge in [-0.15, -0.1) is 0 Å². The Morgan fingerprint density at radius 3 is 1.84 bits per heavy atom. The van der Waals surface area contributed by atoms with E-state index >= 15 is 0 Å². The predicted octanol–water partition coefficient (Wildman–Crippen LogP) is 6.52. The summed E-state index contributed by atoms with van der Waals surface area (Å²) in [5.41, 5.74) is 7.98. The van der Waals surface area contributed by atoms with Gasteiger partial charge in [0.1, 0.15) is 0 Å². The number of piperidine rings is 1. The highest BCUT2D eigenvalue weighted by atomic mass is 16.6. The minimum atomic E-state index is -2.22. The molecule has 1 heterocycles. The Labute approximate surface area is 289 Å². The number of aryl methyl sites for hydroxylation is 2. The molecule has 2 aliphatic rings. The van der Waals surface area contributed by atoms with E-state index in [4.69, 9.17) is 14.7 Å². The molecule has 0 saturated carbocycles. The number of carbonyl (C=O) groups excluding carboxylic acids is 2. The minimum absolute atomic E-state index is 0.0332. The Hall–Kier alpha value is -6.21. The summed E-state index contributed by atoms with van der Waals surface area (Å²) in [6.45, 7) is 5.68. The second kappa shape index (κ2) is 15.8. The number of rotatable bonds is 9. The number of carbonyl (C=O) groups is 4. The summed E-state index contributed by atoms with van der Waals surface area (Å²) >= 11 is 0. The van der Waals surface area contributed by atoms with E-state index in [1.165, 1.54) is 59.5 Å². The number of benzene rings is 4. The summed E-state index contributed by atoms with van der Waals surface area (Å²) in [7, 11) is 0. The number of allylic oxidation sites excluding steroid dienone is 1. The van der Waals surface area contributed by atoms with Gasteiger partial charge in [-0.2, -0.15) is 5.26 Å². The van der Waals surface area contributed by atoms with Crippen LogP contribution in [0.25, 0.3) is 6.08 Å². The number of esters is 2. The molecule has 4 aromatic carbocycles. The van der Waals surface area contributed by atoms with Crippen molar-refractivity contribution in [2.45, 2.75) is 51.4 Å². The van der Waals surface area contributed by atoms with Crippen molar-refractivity contribution in [3.05, 3.63) is 147 Å². The van der Waals surface area contributed by atoms with Crippen molar-refractivity contribution < 1.29 is 38.9 Å². The highest BCUT2D eigenvalue weighted by Crippen LogP contribution is 2.44. The Bertz CT molecular complexity index is 1870. The molecule has 0 spiro atoms. The third kappa shape index (κ3) is 8.44. The van der Waals surface area contributed by atoms with Gasteiger partial charge < -0.3 is 24.6 Å². The van der Waals surface area contributed by atoms with Gasteiger partial charge in [-0.25, -0.2) is 19.2 Å². The lowest BCUT2D eigenvalue weighted by Gasteiger charge is -2.35. The molecule has 1 saturated heterocycles. The summed E-state index contributed by atoms with van der Waals surface area (Å²) in [5, 5.41) is 27.8. The number of nitriles is 1. The fourth-order valence-electron chi connectivity index (χ4n) is 5.93. The molecular weight excluding hydrogens is 636 g/mol. The summed E-state index contributed by atoms with van der Waals surface area (Å²) < 4.78 is 9.64. The van der Waals surface area contributed by atoms with Crippen LogP contribution in [0.2, 0.25) is 0 Å². The fraction of sp³-hybridized carbons (Fsp3) is 0.225. The first-order chi connectivity index (χ1) is 24.0. The molecule has 0 aromatic heterocycles. The van der Waals surface area contributed by atoms with Crippen molar-refractivity contribution in [1.82, 2.24) is 4.90 Å². The van der Waals surface area contributed by atoms with E-state index in [-0.39, 0.29) is 11.1 Å². The van der Waals surface area contributed by atoms with E-state index in [0.717, 1.165) is 29.8 Å². The second-order valence-corrected chi connectivity index (χ2v) is 12.2. The standard InChI is InChI=1S/C20H18N2.C20H18O8/c21-13-16-8-9-17-12-20-18(19(17)11-16)7-4-10-22(20)14-15-5-2-1-3-6-15;1-11-3-7-13(8-4-11)19(25)27-15(17(21)22)16(18(23)24)28-20(26)14-9-5-12(2)6-10-14/h1-3,5-6,8-9,11-12,18H,4,7,10,14H2;3-10,15-16H,1-2H3,(H,21,22)(H,23,24)/t18-;/m1./s1. The van der Waals surface area contributed by atoms with Gasteiger partial charge in [-0.05, 0) is 85.9 Å². The van der Waals surface area contributed by atoms with E-state index in [1.807, 2.05) is 6.07 Å². The molecule has 1 aliphatic heterocycles. The van der Waals surface area contributed by atoms with Crippen LogP contribution in [0.3, 0.4) is 0 Å². The van der Waals surface area contributed by atoms with Gasteiger partial charge in [-0.3, -0.25) is 0 Å².